The molecule has 1 aromatic carbocycles. The summed E-state index contributed by atoms with van der Waals surface area (Å²) in [5.74, 6) is 6.65. The number of rotatable bonds is 1. The molecule has 0 aromatic heterocycles. The largest absolute Gasteiger partial charge is 0.288 e. The number of benzene rings is 1. The van der Waals surface area contributed by atoms with Crippen LogP contribution in [-0.2, 0) is 4.79 Å². The molecule has 0 fully saturated rings. The summed E-state index contributed by atoms with van der Waals surface area (Å²) in [5.41, 5.74) is 3.45. The Bertz CT molecular complexity index is 424. The topological polar surface area (TPSA) is 17.1 Å². The third-order valence-electron chi connectivity index (χ3n) is 1.96. The molecule has 78 valence electrons. The molecule has 0 radical (unpaired) electrons. The van der Waals surface area contributed by atoms with Crippen LogP contribution in [0.1, 0.15) is 23.6 Å². The zero-order chi connectivity index (χ0) is 11.3. The second-order valence-corrected chi connectivity index (χ2v) is 4.55. The minimum atomic E-state index is 0.116. The van der Waals surface area contributed by atoms with Gasteiger partial charge in [0.05, 0.1) is 5.75 Å². The fourth-order valence-corrected chi connectivity index (χ4v) is 1.49. The minimum absolute atomic E-state index is 0.116. The van der Waals surface area contributed by atoms with Gasteiger partial charge in [-0.05, 0) is 31.0 Å². The van der Waals surface area contributed by atoms with Gasteiger partial charge in [0.15, 0.2) is 5.12 Å². The molecule has 2 heteroatoms. The van der Waals surface area contributed by atoms with Gasteiger partial charge >= 0.3 is 0 Å². The molecule has 0 N–H and O–H groups in total. The number of hydrogen-bond donors (Lipinski definition) is 0. The number of aryl methyl sites for hydroxylation is 2. The SMILES string of the molecule is CC(=O)SCC#Cc1cc(C)ccc1C. The van der Waals surface area contributed by atoms with Crippen LogP contribution in [0.2, 0.25) is 0 Å². The van der Waals surface area contributed by atoms with Gasteiger partial charge in [-0.2, -0.15) is 0 Å². The van der Waals surface area contributed by atoms with Gasteiger partial charge in [-0.25, -0.2) is 0 Å². The van der Waals surface area contributed by atoms with Crippen molar-refractivity contribution in [3.63, 3.8) is 0 Å². The highest BCUT2D eigenvalue weighted by Gasteiger charge is 1.94. The van der Waals surface area contributed by atoms with Crippen molar-refractivity contribution in [2.24, 2.45) is 0 Å². The first-order valence-corrected chi connectivity index (χ1v) is 5.77. The van der Waals surface area contributed by atoms with Crippen LogP contribution in [0.5, 0.6) is 0 Å². The van der Waals surface area contributed by atoms with Crippen molar-refractivity contribution in [3.05, 3.63) is 34.9 Å². The summed E-state index contributed by atoms with van der Waals surface area (Å²) < 4.78 is 0. The molecule has 0 saturated carbocycles. The minimum Gasteiger partial charge on any atom is -0.288 e. The predicted molar refractivity (Wildman–Crippen MR) is 65.9 cm³/mol. The van der Waals surface area contributed by atoms with Gasteiger partial charge < -0.3 is 0 Å². The van der Waals surface area contributed by atoms with Crippen LogP contribution < -0.4 is 0 Å². The Morgan fingerprint density at radius 1 is 1.40 bits per heavy atom. The second kappa shape index (κ2) is 5.63. The van der Waals surface area contributed by atoms with Crippen LogP contribution in [-0.4, -0.2) is 10.9 Å². The van der Waals surface area contributed by atoms with Gasteiger partial charge in [0.25, 0.3) is 0 Å². The van der Waals surface area contributed by atoms with Crippen molar-refractivity contribution < 1.29 is 4.79 Å². The third kappa shape index (κ3) is 4.22. The van der Waals surface area contributed by atoms with E-state index in [1.807, 2.05) is 6.92 Å². The van der Waals surface area contributed by atoms with E-state index in [-0.39, 0.29) is 5.12 Å². The molecular formula is C13H14OS. The molecule has 1 aromatic rings. The fourth-order valence-electron chi connectivity index (χ4n) is 1.14. The lowest BCUT2D eigenvalue weighted by molar-refractivity contribution is -0.109. The van der Waals surface area contributed by atoms with E-state index in [0.29, 0.717) is 5.75 Å². The smallest absolute Gasteiger partial charge is 0.186 e. The molecule has 0 aliphatic rings. The van der Waals surface area contributed by atoms with E-state index in [4.69, 9.17) is 0 Å². The molecule has 0 heterocycles. The summed E-state index contributed by atoms with van der Waals surface area (Å²) in [6.45, 7) is 5.65. The maximum Gasteiger partial charge on any atom is 0.186 e. The van der Waals surface area contributed by atoms with Crippen LogP contribution in [0, 0.1) is 25.7 Å². The Balaban J connectivity index is 2.71. The Labute approximate surface area is 95.3 Å². The number of hydrogen-bond acceptors (Lipinski definition) is 2. The first-order chi connectivity index (χ1) is 7.09. The van der Waals surface area contributed by atoms with Crippen LogP contribution >= 0.6 is 11.8 Å². The summed E-state index contributed by atoms with van der Waals surface area (Å²) in [6.07, 6.45) is 0. The molecule has 1 rings (SSSR count). The van der Waals surface area contributed by atoms with E-state index in [1.54, 1.807) is 6.92 Å². The quantitative estimate of drug-likeness (QED) is 0.674. The van der Waals surface area contributed by atoms with Gasteiger partial charge in [0.2, 0.25) is 0 Å². The van der Waals surface area contributed by atoms with Crippen LogP contribution in [0.25, 0.3) is 0 Å². The summed E-state index contributed by atoms with van der Waals surface area (Å²) in [5, 5.41) is 0.116. The predicted octanol–water partition coefficient (Wildman–Crippen LogP) is 2.93. The highest BCUT2D eigenvalue weighted by Crippen LogP contribution is 2.09. The highest BCUT2D eigenvalue weighted by atomic mass is 32.2. The van der Waals surface area contributed by atoms with Crippen molar-refractivity contribution in [3.8, 4) is 11.8 Å². The fraction of sp³-hybridized carbons (Fsp3) is 0.308. The van der Waals surface area contributed by atoms with Crippen LogP contribution in [0.3, 0.4) is 0 Å². The van der Waals surface area contributed by atoms with Gasteiger partial charge in [-0.1, -0.05) is 35.7 Å². The molecule has 15 heavy (non-hydrogen) atoms. The van der Waals surface area contributed by atoms with Gasteiger partial charge in [-0.15, -0.1) is 0 Å². The summed E-state index contributed by atoms with van der Waals surface area (Å²) in [6, 6.07) is 6.21. The molecule has 0 unspecified atom stereocenters. The van der Waals surface area contributed by atoms with E-state index in [2.05, 4.69) is 37.0 Å². The van der Waals surface area contributed by atoms with Crippen molar-refractivity contribution in [1.29, 1.82) is 0 Å². The first kappa shape index (κ1) is 11.9. The molecule has 0 aliphatic carbocycles. The number of carbonyl (C=O) groups excluding carboxylic acids is 1. The molecule has 1 nitrogen and oxygen atoms in total. The monoisotopic (exact) mass is 218 g/mol. The van der Waals surface area contributed by atoms with Crippen molar-refractivity contribution in [2.75, 3.05) is 5.75 Å². The van der Waals surface area contributed by atoms with Crippen LogP contribution in [0.15, 0.2) is 18.2 Å². The average Bonchev–Trinajstić information content (AvgIpc) is 2.17. The summed E-state index contributed by atoms with van der Waals surface area (Å²) >= 11 is 1.25. The summed E-state index contributed by atoms with van der Waals surface area (Å²) in [7, 11) is 0. The van der Waals surface area contributed by atoms with Gasteiger partial charge in [-0.3, -0.25) is 4.79 Å². The Morgan fingerprint density at radius 3 is 2.80 bits per heavy atom. The van der Waals surface area contributed by atoms with E-state index in [9.17, 15) is 4.79 Å². The van der Waals surface area contributed by atoms with Gasteiger partial charge in [0.1, 0.15) is 0 Å². The normalized spacial score (nSPS) is 9.27. The molecule has 0 amide bonds. The number of thioether (sulfide) groups is 1. The third-order valence-corrected chi connectivity index (χ3v) is 2.66. The molecule has 0 saturated heterocycles. The van der Waals surface area contributed by atoms with E-state index in [0.717, 1.165) is 5.56 Å². The first-order valence-electron chi connectivity index (χ1n) is 4.79. The zero-order valence-corrected chi connectivity index (χ0v) is 10.1. The molecule has 0 bridgehead atoms. The Morgan fingerprint density at radius 2 is 2.13 bits per heavy atom. The maximum absolute atomic E-state index is 10.7. The summed E-state index contributed by atoms with van der Waals surface area (Å²) in [4.78, 5) is 10.7. The van der Waals surface area contributed by atoms with Gasteiger partial charge in [0, 0.05) is 12.5 Å². The Hall–Kier alpha value is -1.20. The zero-order valence-electron chi connectivity index (χ0n) is 9.26. The maximum atomic E-state index is 10.7. The lowest BCUT2D eigenvalue weighted by atomic mass is 10.1. The van der Waals surface area contributed by atoms with Crippen LogP contribution in [0.4, 0.5) is 0 Å². The second-order valence-electron chi connectivity index (χ2n) is 3.40. The molecular weight excluding hydrogens is 204 g/mol. The molecule has 0 spiro atoms. The molecule has 0 atom stereocenters. The standard InChI is InChI=1S/C13H14OS/c1-10-6-7-11(2)13(9-10)5-4-8-15-12(3)14/h6-7,9H,8H2,1-3H3. The van der Waals surface area contributed by atoms with E-state index < -0.39 is 0 Å². The lowest BCUT2D eigenvalue weighted by Crippen LogP contribution is -1.85. The van der Waals surface area contributed by atoms with Crippen molar-refractivity contribution in [1.82, 2.24) is 0 Å². The van der Waals surface area contributed by atoms with Crippen molar-refractivity contribution >= 4 is 16.9 Å². The lowest BCUT2D eigenvalue weighted by Gasteiger charge is -1.98. The highest BCUT2D eigenvalue weighted by molar-refractivity contribution is 8.13. The van der Waals surface area contributed by atoms with E-state index >= 15 is 0 Å². The number of carbonyl (C=O) groups is 1. The molecule has 0 aliphatic heterocycles. The van der Waals surface area contributed by atoms with Crippen molar-refractivity contribution in [2.45, 2.75) is 20.8 Å². The Kier molecular flexibility index (Phi) is 4.45. The average molecular weight is 218 g/mol. The van der Waals surface area contributed by atoms with E-state index in [1.165, 1.54) is 22.9 Å².